The Hall–Kier alpha value is -5.48. The SMILES string of the molecule is CC(=O)O/N=C(/N)c1cccc(C[C@H](NS(=O)(=O)c2cccc(CCCCNC(=O)OCc3ccccc3)c2)C(=O)N2CCC(CCNC(=O)OC(C)(C)C)CC2)c1. The number of likely N-dealkylation sites (tertiary alicyclic amines) is 1. The Balaban J connectivity index is 1.39. The maximum absolute atomic E-state index is 14.2. The summed E-state index contributed by atoms with van der Waals surface area (Å²) in [5, 5.41) is 9.17. The van der Waals surface area contributed by atoms with Gasteiger partial charge in [-0.05, 0) is 107 Å². The van der Waals surface area contributed by atoms with Gasteiger partial charge in [-0.25, -0.2) is 22.8 Å². The molecule has 1 heterocycles. The summed E-state index contributed by atoms with van der Waals surface area (Å²) in [6.07, 6.45) is 3.02. The zero-order chi connectivity index (χ0) is 42.1. The van der Waals surface area contributed by atoms with Crippen molar-refractivity contribution in [1.82, 2.24) is 20.3 Å². The monoisotopic (exact) mass is 820 g/mol. The molecule has 0 aliphatic carbocycles. The average molecular weight is 821 g/mol. The van der Waals surface area contributed by atoms with E-state index in [1.165, 1.54) is 13.0 Å². The van der Waals surface area contributed by atoms with E-state index in [4.69, 9.17) is 15.2 Å². The largest absolute Gasteiger partial charge is 0.445 e. The lowest BCUT2D eigenvalue weighted by atomic mass is 9.93. The fourth-order valence-electron chi connectivity index (χ4n) is 6.34. The summed E-state index contributed by atoms with van der Waals surface area (Å²) in [6, 6.07) is 21.6. The molecule has 1 fully saturated rings. The number of ether oxygens (including phenoxy) is 2. The fourth-order valence-corrected chi connectivity index (χ4v) is 7.60. The summed E-state index contributed by atoms with van der Waals surface area (Å²) in [6.45, 7) is 8.46. The standard InChI is InChI=1S/C42H56N6O9S/c1-30(49)57-46-38(43)35-17-10-16-34(26-35)28-37(39(50)48-24-20-31(21-25-48)19-23-45-41(52)56-42(2,3)4)47-58(53,54)36-18-11-15-32(27-36)12-8-9-22-44-40(51)55-29-33-13-6-5-7-14-33/h5-7,10-11,13-18,26-27,31,37,47H,8-9,12,19-25,28-29H2,1-4H3,(H2,43,46)(H,44,51)(H,45,52)/t37-/m0/s1. The van der Waals surface area contributed by atoms with E-state index in [9.17, 15) is 27.6 Å². The van der Waals surface area contributed by atoms with Gasteiger partial charge in [-0.2, -0.15) is 4.72 Å². The number of piperidine rings is 1. The molecule has 314 valence electrons. The van der Waals surface area contributed by atoms with Gasteiger partial charge in [-0.15, -0.1) is 0 Å². The Kier molecular flexibility index (Phi) is 17.1. The van der Waals surface area contributed by atoms with Crippen LogP contribution in [0.1, 0.15) is 82.1 Å². The van der Waals surface area contributed by atoms with Crippen molar-refractivity contribution in [2.45, 2.75) is 95.8 Å². The summed E-state index contributed by atoms with van der Waals surface area (Å²) >= 11 is 0. The Labute approximate surface area is 341 Å². The highest BCUT2D eigenvalue weighted by Crippen LogP contribution is 2.23. The molecule has 4 rings (SSSR count). The van der Waals surface area contributed by atoms with Crippen LogP contribution >= 0.6 is 0 Å². The number of carbonyl (C=O) groups is 4. The van der Waals surface area contributed by atoms with Crippen molar-refractivity contribution >= 4 is 39.9 Å². The van der Waals surface area contributed by atoms with Crippen LogP contribution < -0.4 is 21.1 Å². The normalized spacial score (nSPS) is 14.3. The number of aryl methyl sites for hydroxylation is 1. The molecule has 58 heavy (non-hydrogen) atoms. The minimum Gasteiger partial charge on any atom is -0.445 e. The Bertz CT molecular complexity index is 1980. The third kappa shape index (κ3) is 15.8. The Morgan fingerprint density at radius 2 is 1.53 bits per heavy atom. The van der Waals surface area contributed by atoms with Crippen LogP contribution in [0.3, 0.4) is 0 Å². The van der Waals surface area contributed by atoms with Crippen LogP contribution in [0, 0.1) is 5.92 Å². The van der Waals surface area contributed by atoms with E-state index >= 15 is 0 Å². The van der Waals surface area contributed by atoms with Crippen LogP contribution in [0.25, 0.3) is 0 Å². The number of amidine groups is 1. The molecule has 5 N–H and O–H groups in total. The predicted molar refractivity (Wildman–Crippen MR) is 219 cm³/mol. The minimum atomic E-state index is -4.18. The molecule has 3 aromatic carbocycles. The summed E-state index contributed by atoms with van der Waals surface area (Å²) in [5.41, 5.74) is 8.15. The first-order chi connectivity index (χ1) is 27.6. The number of nitrogens with two attached hydrogens (primary N) is 1. The molecule has 1 aliphatic rings. The number of hydrogen-bond donors (Lipinski definition) is 4. The number of oxime groups is 1. The smallest absolute Gasteiger partial charge is 0.407 e. The minimum absolute atomic E-state index is 0.00690. The van der Waals surface area contributed by atoms with Crippen molar-refractivity contribution in [2.24, 2.45) is 16.8 Å². The van der Waals surface area contributed by atoms with Crippen LogP contribution in [-0.4, -0.2) is 81.0 Å². The quantitative estimate of drug-likeness (QED) is 0.0436. The van der Waals surface area contributed by atoms with Crippen molar-refractivity contribution in [1.29, 1.82) is 0 Å². The van der Waals surface area contributed by atoms with E-state index in [2.05, 4.69) is 25.3 Å². The molecule has 0 radical (unpaired) electrons. The van der Waals surface area contributed by atoms with Crippen LogP contribution in [0.15, 0.2) is 88.9 Å². The van der Waals surface area contributed by atoms with Crippen molar-refractivity contribution < 1.29 is 41.9 Å². The van der Waals surface area contributed by atoms with E-state index < -0.39 is 39.8 Å². The first-order valence-electron chi connectivity index (χ1n) is 19.5. The first kappa shape index (κ1) is 45.2. The summed E-state index contributed by atoms with van der Waals surface area (Å²) in [5.74, 6) is -0.802. The lowest BCUT2D eigenvalue weighted by molar-refractivity contribution is -0.141. The van der Waals surface area contributed by atoms with Gasteiger partial charge in [-0.1, -0.05) is 65.8 Å². The molecule has 15 nitrogen and oxygen atoms in total. The predicted octanol–water partition coefficient (Wildman–Crippen LogP) is 5.16. The van der Waals surface area contributed by atoms with E-state index in [1.807, 2.05) is 36.4 Å². The highest BCUT2D eigenvalue weighted by Gasteiger charge is 2.32. The molecule has 0 bridgehead atoms. The molecule has 0 aromatic heterocycles. The summed E-state index contributed by atoms with van der Waals surface area (Å²) in [4.78, 5) is 55.9. The van der Waals surface area contributed by atoms with Crippen LogP contribution in [0.2, 0.25) is 0 Å². The number of hydrogen-bond acceptors (Lipinski definition) is 10. The van der Waals surface area contributed by atoms with Gasteiger partial charge < -0.3 is 35.6 Å². The first-order valence-corrected chi connectivity index (χ1v) is 21.0. The number of amides is 3. The number of carbonyl (C=O) groups excluding carboxylic acids is 4. The number of rotatable bonds is 18. The van der Waals surface area contributed by atoms with Gasteiger partial charge in [0.1, 0.15) is 18.2 Å². The second kappa shape index (κ2) is 21.9. The van der Waals surface area contributed by atoms with Gasteiger partial charge >= 0.3 is 18.2 Å². The Morgan fingerprint density at radius 3 is 2.24 bits per heavy atom. The van der Waals surface area contributed by atoms with E-state index in [0.717, 1.165) is 11.1 Å². The number of nitrogens with zero attached hydrogens (tertiary/aromatic N) is 2. The van der Waals surface area contributed by atoms with Crippen LogP contribution in [0.5, 0.6) is 0 Å². The van der Waals surface area contributed by atoms with Crippen molar-refractivity contribution in [3.8, 4) is 0 Å². The molecule has 1 aliphatic heterocycles. The fraction of sp³-hybridized carbons (Fsp3) is 0.452. The van der Waals surface area contributed by atoms with Gasteiger partial charge in [0.05, 0.1) is 4.90 Å². The number of benzene rings is 3. The summed E-state index contributed by atoms with van der Waals surface area (Å²) < 4.78 is 41.1. The molecule has 0 spiro atoms. The average Bonchev–Trinajstić information content (AvgIpc) is 3.18. The van der Waals surface area contributed by atoms with Crippen LogP contribution in [0.4, 0.5) is 9.59 Å². The zero-order valence-electron chi connectivity index (χ0n) is 33.7. The third-order valence-corrected chi connectivity index (χ3v) is 10.7. The summed E-state index contributed by atoms with van der Waals surface area (Å²) in [7, 11) is -4.18. The van der Waals surface area contributed by atoms with E-state index in [1.54, 1.807) is 62.1 Å². The van der Waals surface area contributed by atoms with Gasteiger partial charge in [0, 0.05) is 38.7 Å². The number of nitrogens with one attached hydrogen (secondary N) is 3. The molecule has 0 unspecified atom stereocenters. The molecular weight excluding hydrogens is 765 g/mol. The number of unbranched alkanes of at least 4 members (excludes halogenated alkanes) is 1. The Morgan fingerprint density at radius 1 is 0.862 bits per heavy atom. The highest BCUT2D eigenvalue weighted by molar-refractivity contribution is 7.89. The van der Waals surface area contributed by atoms with Crippen molar-refractivity contribution in [3.05, 3.63) is 101 Å². The van der Waals surface area contributed by atoms with Crippen molar-refractivity contribution in [2.75, 3.05) is 26.2 Å². The molecule has 3 aromatic rings. The van der Waals surface area contributed by atoms with Gasteiger partial charge in [0.2, 0.25) is 15.9 Å². The van der Waals surface area contributed by atoms with Gasteiger partial charge in [-0.3, -0.25) is 4.79 Å². The number of alkyl carbamates (subject to hydrolysis) is 2. The second-order valence-corrected chi connectivity index (χ2v) is 16.9. The molecule has 16 heteroatoms. The van der Waals surface area contributed by atoms with Crippen molar-refractivity contribution in [3.63, 3.8) is 0 Å². The molecule has 3 amide bonds. The highest BCUT2D eigenvalue weighted by atomic mass is 32.2. The molecule has 1 atom stereocenters. The lowest BCUT2D eigenvalue weighted by Crippen LogP contribution is -2.51. The zero-order valence-corrected chi connectivity index (χ0v) is 34.5. The van der Waals surface area contributed by atoms with E-state index in [0.29, 0.717) is 75.8 Å². The maximum atomic E-state index is 14.2. The van der Waals surface area contributed by atoms with Crippen LogP contribution in [-0.2, 0) is 53.4 Å². The number of sulfonamides is 1. The lowest BCUT2D eigenvalue weighted by Gasteiger charge is -2.34. The van der Waals surface area contributed by atoms with E-state index in [-0.39, 0.29) is 35.6 Å². The molecule has 1 saturated heterocycles. The third-order valence-electron chi connectivity index (χ3n) is 9.26. The maximum Gasteiger partial charge on any atom is 0.407 e. The topological polar surface area (TPSA) is 208 Å². The second-order valence-electron chi connectivity index (χ2n) is 15.2. The van der Waals surface area contributed by atoms with Gasteiger partial charge in [0.25, 0.3) is 0 Å². The van der Waals surface area contributed by atoms with Gasteiger partial charge in [0.15, 0.2) is 5.84 Å². The molecular formula is C42H56N6O9S. The molecule has 0 saturated carbocycles.